The van der Waals surface area contributed by atoms with Crippen LogP contribution in [0, 0.1) is 5.82 Å². The van der Waals surface area contributed by atoms with Gasteiger partial charge in [0.2, 0.25) is 11.8 Å². The number of rotatable bonds is 8. The average molecular weight is 468 g/mol. The summed E-state index contributed by atoms with van der Waals surface area (Å²) in [5.74, 6) is -1.94. The Labute approximate surface area is 198 Å². The van der Waals surface area contributed by atoms with Crippen molar-refractivity contribution in [2.45, 2.75) is 58.7 Å². The monoisotopic (exact) mass is 467 g/mol. The summed E-state index contributed by atoms with van der Waals surface area (Å²) in [6, 6.07) is 11.9. The van der Waals surface area contributed by atoms with Gasteiger partial charge >= 0.3 is 0 Å². The van der Waals surface area contributed by atoms with Gasteiger partial charge in [-0.25, -0.2) is 4.39 Å². The minimum atomic E-state index is -0.842. The maximum absolute atomic E-state index is 14.3. The van der Waals surface area contributed by atoms with E-state index in [1.807, 2.05) is 20.8 Å². The molecule has 1 aliphatic heterocycles. The normalized spacial score (nSPS) is 14.1. The van der Waals surface area contributed by atoms with Crippen LogP contribution in [0.15, 0.2) is 48.5 Å². The number of carbonyl (C=O) groups excluding carboxylic acids is 4. The second-order valence-corrected chi connectivity index (χ2v) is 9.44. The molecule has 2 aromatic rings. The van der Waals surface area contributed by atoms with Gasteiger partial charge in [0.05, 0.1) is 11.1 Å². The lowest BCUT2D eigenvalue weighted by molar-refractivity contribution is -0.141. The second kappa shape index (κ2) is 10.2. The van der Waals surface area contributed by atoms with Crippen LogP contribution in [0.4, 0.5) is 4.39 Å². The highest BCUT2D eigenvalue weighted by atomic mass is 19.1. The van der Waals surface area contributed by atoms with Crippen molar-refractivity contribution < 1.29 is 23.6 Å². The lowest BCUT2D eigenvalue weighted by atomic mass is 10.1. The molecule has 0 saturated heterocycles. The van der Waals surface area contributed by atoms with E-state index in [1.54, 1.807) is 49.4 Å². The predicted molar refractivity (Wildman–Crippen MR) is 125 cm³/mol. The summed E-state index contributed by atoms with van der Waals surface area (Å²) in [5, 5.41) is 2.85. The first-order valence-corrected chi connectivity index (χ1v) is 11.3. The zero-order valence-corrected chi connectivity index (χ0v) is 19.9. The average Bonchev–Trinajstić information content (AvgIpc) is 3.02. The molecule has 4 amide bonds. The summed E-state index contributed by atoms with van der Waals surface area (Å²) in [4.78, 5) is 53.5. The van der Waals surface area contributed by atoms with Gasteiger partial charge in [0.25, 0.3) is 11.8 Å². The third kappa shape index (κ3) is 5.68. The van der Waals surface area contributed by atoms with Gasteiger partial charge < -0.3 is 10.2 Å². The van der Waals surface area contributed by atoms with Crippen molar-refractivity contribution >= 4 is 23.6 Å². The van der Waals surface area contributed by atoms with Gasteiger partial charge in [-0.2, -0.15) is 0 Å². The third-order valence-electron chi connectivity index (χ3n) is 5.61. The van der Waals surface area contributed by atoms with Gasteiger partial charge in [0.15, 0.2) is 0 Å². The molecule has 1 atom stereocenters. The van der Waals surface area contributed by atoms with Crippen LogP contribution in [-0.2, 0) is 16.1 Å². The molecule has 0 saturated carbocycles. The Morgan fingerprint density at radius 2 is 1.56 bits per heavy atom. The lowest BCUT2D eigenvalue weighted by Gasteiger charge is -2.31. The zero-order chi connectivity index (χ0) is 25.0. The summed E-state index contributed by atoms with van der Waals surface area (Å²) < 4.78 is 14.3. The van der Waals surface area contributed by atoms with Crippen LogP contribution in [0.5, 0.6) is 0 Å². The molecule has 3 rings (SSSR count). The lowest BCUT2D eigenvalue weighted by Crippen LogP contribution is -2.52. The smallest absolute Gasteiger partial charge is 0.261 e. The molecule has 1 aliphatic rings. The SMILES string of the molecule is C[C@H](C(=O)NC(C)(C)C)N(Cc1ccccc1F)C(=O)CCCN1C(=O)c2ccccc2C1=O. The summed E-state index contributed by atoms with van der Waals surface area (Å²) in [5.41, 5.74) is 0.510. The summed E-state index contributed by atoms with van der Waals surface area (Å²) in [6.07, 6.45) is 0.223. The Kier molecular flexibility index (Phi) is 7.49. The Morgan fingerprint density at radius 1 is 1.00 bits per heavy atom. The van der Waals surface area contributed by atoms with Crippen molar-refractivity contribution in [3.63, 3.8) is 0 Å². The van der Waals surface area contributed by atoms with E-state index >= 15 is 0 Å². The van der Waals surface area contributed by atoms with Crippen LogP contribution in [-0.4, -0.2) is 51.6 Å². The molecule has 0 spiro atoms. The molecule has 8 heteroatoms. The first kappa shape index (κ1) is 25.1. The van der Waals surface area contributed by atoms with Gasteiger partial charge in [-0.15, -0.1) is 0 Å². The first-order valence-electron chi connectivity index (χ1n) is 11.3. The Balaban J connectivity index is 1.70. The van der Waals surface area contributed by atoms with E-state index in [2.05, 4.69) is 5.32 Å². The van der Waals surface area contributed by atoms with E-state index < -0.39 is 17.4 Å². The van der Waals surface area contributed by atoms with Gasteiger partial charge in [0.1, 0.15) is 11.9 Å². The molecular formula is C26H30FN3O4. The number of nitrogens with one attached hydrogen (secondary N) is 1. The molecule has 1 heterocycles. The number of hydrogen-bond acceptors (Lipinski definition) is 4. The fourth-order valence-corrected chi connectivity index (χ4v) is 3.84. The summed E-state index contributed by atoms with van der Waals surface area (Å²) >= 11 is 0. The van der Waals surface area contributed by atoms with E-state index in [0.717, 1.165) is 4.90 Å². The number of fused-ring (bicyclic) bond motifs is 1. The highest BCUT2D eigenvalue weighted by Gasteiger charge is 2.35. The number of hydrogen-bond donors (Lipinski definition) is 1. The van der Waals surface area contributed by atoms with Crippen LogP contribution >= 0.6 is 0 Å². The van der Waals surface area contributed by atoms with Gasteiger partial charge in [-0.3, -0.25) is 24.1 Å². The molecule has 180 valence electrons. The van der Waals surface area contributed by atoms with E-state index in [9.17, 15) is 23.6 Å². The molecule has 0 bridgehead atoms. The topological polar surface area (TPSA) is 86.8 Å². The third-order valence-corrected chi connectivity index (χ3v) is 5.61. The summed E-state index contributed by atoms with van der Waals surface area (Å²) in [6.45, 7) is 7.11. The van der Waals surface area contributed by atoms with E-state index in [0.29, 0.717) is 16.7 Å². The maximum Gasteiger partial charge on any atom is 0.261 e. The predicted octanol–water partition coefficient (Wildman–Crippen LogP) is 3.53. The second-order valence-electron chi connectivity index (χ2n) is 9.44. The largest absolute Gasteiger partial charge is 0.350 e. The molecule has 0 fully saturated rings. The molecule has 34 heavy (non-hydrogen) atoms. The number of benzene rings is 2. The summed E-state index contributed by atoms with van der Waals surface area (Å²) in [7, 11) is 0. The number of nitrogens with zero attached hydrogens (tertiary/aromatic N) is 2. The zero-order valence-electron chi connectivity index (χ0n) is 19.9. The Hall–Kier alpha value is -3.55. The molecule has 0 radical (unpaired) electrons. The molecule has 7 nitrogen and oxygen atoms in total. The van der Waals surface area contributed by atoms with Crippen molar-refractivity contribution in [1.82, 2.24) is 15.1 Å². The van der Waals surface area contributed by atoms with E-state index in [-0.39, 0.29) is 49.6 Å². The minimum absolute atomic E-state index is 0.00496. The van der Waals surface area contributed by atoms with E-state index in [1.165, 1.54) is 11.0 Å². The number of carbonyl (C=O) groups is 4. The van der Waals surface area contributed by atoms with Gasteiger partial charge in [0, 0.05) is 30.6 Å². The number of amides is 4. The van der Waals surface area contributed by atoms with Gasteiger partial charge in [-0.1, -0.05) is 30.3 Å². The van der Waals surface area contributed by atoms with Crippen LogP contribution in [0.2, 0.25) is 0 Å². The quantitative estimate of drug-likeness (QED) is 0.602. The van der Waals surface area contributed by atoms with Crippen molar-refractivity contribution in [3.8, 4) is 0 Å². The first-order chi connectivity index (χ1) is 16.0. The van der Waals surface area contributed by atoms with Crippen LogP contribution in [0.3, 0.4) is 0 Å². The number of halogens is 1. The van der Waals surface area contributed by atoms with Crippen molar-refractivity contribution in [3.05, 3.63) is 71.0 Å². The fraction of sp³-hybridized carbons (Fsp3) is 0.385. The fourth-order valence-electron chi connectivity index (χ4n) is 3.84. The Morgan fingerprint density at radius 3 is 2.12 bits per heavy atom. The molecular weight excluding hydrogens is 437 g/mol. The van der Waals surface area contributed by atoms with Crippen LogP contribution in [0.1, 0.15) is 66.8 Å². The van der Waals surface area contributed by atoms with Gasteiger partial charge in [-0.05, 0) is 52.3 Å². The molecule has 2 aromatic carbocycles. The highest BCUT2D eigenvalue weighted by Crippen LogP contribution is 2.23. The van der Waals surface area contributed by atoms with Crippen molar-refractivity contribution in [2.24, 2.45) is 0 Å². The minimum Gasteiger partial charge on any atom is -0.350 e. The molecule has 0 unspecified atom stereocenters. The standard InChI is InChI=1S/C26H30FN3O4/c1-17(23(32)28-26(2,3)4)30(16-18-10-5-8-13-21(18)27)22(31)14-9-15-29-24(33)19-11-6-7-12-20(19)25(29)34/h5-8,10-13,17H,9,14-16H2,1-4H3,(H,28,32)/t17-/m1/s1. The van der Waals surface area contributed by atoms with Crippen LogP contribution in [0.25, 0.3) is 0 Å². The molecule has 0 aliphatic carbocycles. The molecule has 0 aromatic heterocycles. The number of imide groups is 1. The van der Waals surface area contributed by atoms with Crippen molar-refractivity contribution in [2.75, 3.05) is 6.54 Å². The van der Waals surface area contributed by atoms with E-state index in [4.69, 9.17) is 0 Å². The molecule has 1 N–H and O–H groups in total. The van der Waals surface area contributed by atoms with Crippen LogP contribution < -0.4 is 5.32 Å². The van der Waals surface area contributed by atoms with Crippen molar-refractivity contribution in [1.29, 1.82) is 0 Å². The maximum atomic E-state index is 14.3. The highest BCUT2D eigenvalue weighted by molar-refractivity contribution is 6.21. The Bertz CT molecular complexity index is 1070.